The molecule has 5 nitrogen and oxygen atoms in total. The zero-order valence-electron chi connectivity index (χ0n) is 16.8. The lowest BCUT2D eigenvalue weighted by molar-refractivity contribution is -0.173. The van der Waals surface area contributed by atoms with E-state index in [1.165, 1.54) is 0 Å². The number of amides is 1. The predicted molar refractivity (Wildman–Crippen MR) is 117 cm³/mol. The van der Waals surface area contributed by atoms with E-state index in [0.717, 1.165) is 10.2 Å². The van der Waals surface area contributed by atoms with E-state index in [9.17, 15) is 18.0 Å². The number of anilines is 1. The molecule has 0 fully saturated rings. The molecule has 0 aliphatic carbocycles. The highest BCUT2D eigenvalue weighted by Crippen LogP contribution is 2.46. The molecule has 0 saturated heterocycles. The zero-order valence-corrected chi connectivity index (χ0v) is 18.3. The third-order valence-corrected chi connectivity index (χ3v) is 6.04. The highest BCUT2D eigenvalue weighted by Gasteiger charge is 2.47. The van der Waals surface area contributed by atoms with E-state index in [4.69, 9.17) is 23.2 Å². The van der Waals surface area contributed by atoms with Crippen LogP contribution < -0.4 is 10.6 Å². The monoisotopic (exact) mass is 482 g/mol. The first-order chi connectivity index (χ1) is 15.1. The minimum absolute atomic E-state index is 0.0438. The van der Waals surface area contributed by atoms with E-state index in [0.29, 0.717) is 10.6 Å². The first kappa shape index (κ1) is 22.5. The smallest absolute Gasteiger partial charge is 0.362 e. The van der Waals surface area contributed by atoms with Crippen molar-refractivity contribution >= 4 is 34.9 Å². The summed E-state index contributed by atoms with van der Waals surface area (Å²) in [6, 6.07) is 12.7. The van der Waals surface area contributed by atoms with Crippen LogP contribution in [0.5, 0.6) is 0 Å². The quantitative estimate of drug-likeness (QED) is 0.455. The molecule has 0 bridgehead atoms. The first-order valence-corrected chi connectivity index (χ1v) is 10.6. The van der Waals surface area contributed by atoms with Gasteiger partial charge in [0.15, 0.2) is 11.7 Å². The fraction of sp³-hybridized carbons (Fsp3) is 0.273. The second kappa shape index (κ2) is 8.67. The van der Waals surface area contributed by atoms with Crippen molar-refractivity contribution in [3.05, 3.63) is 81.5 Å². The Balaban J connectivity index is 1.66. The number of carbonyl (C=O) groups is 1. The van der Waals surface area contributed by atoms with Crippen molar-refractivity contribution in [3.63, 3.8) is 0 Å². The number of aromatic nitrogens is 2. The molecule has 0 spiro atoms. The molecule has 2 aromatic carbocycles. The molecule has 3 atom stereocenters. The standard InChI is InChI=1S/C22H19Cl2F3N4O/c1-12(13-5-3-2-4-6-13)28-21(32)19-18(24)20-29-16(14-7-9-15(23)10-8-14)11-17(22(25,26)27)31(20)30-19/h2-10,12,16-17,29H,11H2,1H3,(H,28,32). The number of fused-ring (bicyclic) bond motifs is 1. The summed E-state index contributed by atoms with van der Waals surface area (Å²) in [5, 5.41) is 10.0. The molecule has 0 radical (unpaired) electrons. The molecule has 1 aromatic heterocycles. The molecule has 3 unspecified atom stereocenters. The molecule has 3 aromatic rings. The van der Waals surface area contributed by atoms with Gasteiger partial charge in [-0.25, -0.2) is 4.68 Å². The van der Waals surface area contributed by atoms with Gasteiger partial charge in [-0.05, 0) is 30.2 Å². The normalized spacial score (nSPS) is 19.1. The topological polar surface area (TPSA) is 59.0 Å². The first-order valence-electron chi connectivity index (χ1n) is 9.87. The number of rotatable bonds is 4. The van der Waals surface area contributed by atoms with Gasteiger partial charge in [0.05, 0.1) is 12.1 Å². The number of nitrogens with zero attached hydrogens (tertiary/aromatic N) is 2. The van der Waals surface area contributed by atoms with Crippen molar-refractivity contribution in [3.8, 4) is 0 Å². The minimum atomic E-state index is -4.58. The van der Waals surface area contributed by atoms with E-state index < -0.39 is 24.2 Å². The van der Waals surface area contributed by atoms with Crippen LogP contribution in [0, 0.1) is 0 Å². The Morgan fingerprint density at radius 1 is 1.16 bits per heavy atom. The SMILES string of the molecule is CC(NC(=O)c1nn2c(c1Cl)NC(c1ccc(Cl)cc1)CC2C(F)(F)F)c1ccccc1. The fourth-order valence-corrected chi connectivity index (χ4v) is 4.13. The van der Waals surface area contributed by atoms with Crippen LogP contribution in [0.3, 0.4) is 0 Å². The Labute approximate surface area is 192 Å². The minimum Gasteiger partial charge on any atom is -0.362 e. The van der Waals surface area contributed by atoms with E-state index in [1.807, 2.05) is 30.3 Å². The molecule has 10 heteroatoms. The summed E-state index contributed by atoms with van der Waals surface area (Å²) in [4.78, 5) is 12.8. The van der Waals surface area contributed by atoms with Gasteiger partial charge in [-0.3, -0.25) is 4.79 Å². The summed E-state index contributed by atoms with van der Waals surface area (Å²) < 4.78 is 42.4. The fourth-order valence-electron chi connectivity index (χ4n) is 3.74. The summed E-state index contributed by atoms with van der Waals surface area (Å²) in [5.41, 5.74) is 1.20. The number of benzene rings is 2. The van der Waals surface area contributed by atoms with Gasteiger partial charge in [0.25, 0.3) is 5.91 Å². The van der Waals surface area contributed by atoms with Crippen LogP contribution >= 0.6 is 23.2 Å². The molecule has 32 heavy (non-hydrogen) atoms. The average Bonchev–Trinajstić information content (AvgIpc) is 3.10. The maximum Gasteiger partial charge on any atom is 0.410 e. The third-order valence-electron chi connectivity index (χ3n) is 5.43. The second-order valence-electron chi connectivity index (χ2n) is 7.60. The maximum atomic E-state index is 13.9. The zero-order chi connectivity index (χ0) is 23.0. The Hall–Kier alpha value is -2.71. The van der Waals surface area contributed by atoms with Crippen molar-refractivity contribution in [2.24, 2.45) is 0 Å². The van der Waals surface area contributed by atoms with Crippen molar-refractivity contribution in [2.45, 2.75) is 37.6 Å². The van der Waals surface area contributed by atoms with Gasteiger partial charge in [0, 0.05) is 11.4 Å². The molecule has 168 valence electrons. The second-order valence-corrected chi connectivity index (χ2v) is 8.42. The van der Waals surface area contributed by atoms with Crippen molar-refractivity contribution < 1.29 is 18.0 Å². The third kappa shape index (κ3) is 4.42. The Kier molecular flexibility index (Phi) is 6.09. The Morgan fingerprint density at radius 2 is 1.81 bits per heavy atom. The van der Waals surface area contributed by atoms with Gasteiger partial charge < -0.3 is 10.6 Å². The number of hydrogen-bond acceptors (Lipinski definition) is 3. The van der Waals surface area contributed by atoms with E-state index in [1.54, 1.807) is 31.2 Å². The number of alkyl halides is 3. The summed E-state index contributed by atoms with van der Waals surface area (Å²) in [7, 11) is 0. The summed E-state index contributed by atoms with van der Waals surface area (Å²) in [5.74, 6) is -0.697. The van der Waals surface area contributed by atoms with Crippen LogP contribution in [0.2, 0.25) is 10.0 Å². The largest absolute Gasteiger partial charge is 0.410 e. The van der Waals surface area contributed by atoms with Crippen LogP contribution in [0.4, 0.5) is 19.0 Å². The van der Waals surface area contributed by atoms with Gasteiger partial charge in [0.2, 0.25) is 0 Å². The van der Waals surface area contributed by atoms with Gasteiger partial charge in [-0.15, -0.1) is 0 Å². The lowest BCUT2D eigenvalue weighted by atomic mass is 9.97. The summed E-state index contributed by atoms with van der Waals surface area (Å²) in [6.07, 6.45) is -4.89. The van der Waals surface area contributed by atoms with Crippen LogP contribution in [0.15, 0.2) is 54.6 Å². The van der Waals surface area contributed by atoms with E-state index >= 15 is 0 Å². The number of carbonyl (C=O) groups excluding carboxylic acids is 1. The molecular formula is C22H19Cl2F3N4O. The lowest BCUT2D eigenvalue weighted by Gasteiger charge is -2.33. The van der Waals surface area contributed by atoms with Gasteiger partial charge in [-0.2, -0.15) is 18.3 Å². The number of halogens is 5. The predicted octanol–water partition coefficient (Wildman–Crippen LogP) is 6.34. The molecule has 4 rings (SSSR count). The highest BCUT2D eigenvalue weighted by molar-refractivity contribution is 6.36. The van der Waals surface area contributed by atoms with Gasteiger partial charge in [-0.1, -0.05) is 65.7 Å². The van der Waals surface area contributed by atoms with Crippen molar-refractivity contribution in [1.29, 1.82) is 0 Å². The Morgan fingerprint density at radius 3 is 2.44 bits per heavy atom. The average molecular weight is 483 g/mol. The molecule has 1 aliphatic rings. The maximum absolute atomic E-state index is 13.9. The van der Waals surface area contributed by atoms with Crippen LogP contribution in [-0.4, -0.2) is 21.9 Å². The van der Waals surface area contributed by atoms with Crippen LogP contribution in [0.25, 0.3) is 0 Å². The van der Waals surface area contributed by atoms with Crippen LogP contribution in [-0.2, 0) is 0 Å². The van der Waals surface area contributed by atoms with Crippen molar-refractivity contribution in [2.75, 3.05) is 5.32 Å². The van der Waals surface area contributed by atoms with E-state index in [-0.39, 0.29) is 29.0 Å². The van der Waals surface area contributed by atoms with E-state index in [2.05, 4.69) is 15.7 Å². The van der Waals surface area contributed by atoms with Gasteiger partial charge >= 0.3 is 6.18 Å². The summed E-state index contributed by atoms with van der Waals surface area (Å²) in [6.45, 7) is 1.77. The molecule has 1 amide bonds. The number of nitrogens with one attached hydrogen (secondary N) is 2. The number of hydrogen-bond donors (Lipinski definition) is 2. The lowest BCUT2D eigenvalue weighted by Crippen LogP contribution is -2.36. The van der Waals surface area contributed by atoms with Crippen LogP contribution in [0.1, 0.15) is 53.1 Å². The van der Waals surface area contributed by atoms with Crippen molar-refractivity contribution in [1.82, 2.24) is 15.1 Å². The highest BCUT2D eigenvalue weighted by atomic mass is 35.5. The Bertz CT molecular complexity index is 1120. The molecule has 1 aliphatic heterocycles. The molecular weight excluding hydrogens is 464 g/mol. The van der Waals surface area contributed by atoms with Gasteiger partial charge in [0.1, 0.15) is 10.8 Å². The molecule has 0 saturated carbocycles. The molecule has 2 N–H and O–H groups in total. The summed E-state index contributed by atoms with van der Waals surface area (Å²) >= 11 is 12.3. The molecule has 2 heterocycles.